The normalized spacial score (nSPS) is 20.2. The Morgan fingerprint density at radius 2 is 1.81 bits per heavy atom. The Bertz CT molecular complexity index is 1010. The third-order valence-corrected chi connectivity index (χ3v) is 5.91. The number of nitrogens with zero attached hydrogens (tertiary/aromatic N) is 2. The number of alkyl halides is 2. The SMILES string of the molecule is CC(F)(F)c1ccc(CN2C(=O)CN(c3ccc(Cl)c(F)c3)C(=O)[C@H]2C2COC2)cc1. The number of carbonyl (C=O) groups is 2. The summed E-state index contributed by atoms with van der Waals surface area (Å²) in [6, 6.07) is 8.85. The van der Waals surface area contributed by atoms with Gasteiger partial charge in [0.05, 0.1) is 18.2 Å². The molecule has 0 aromatic heterocycles. The molecule has 2 aromatic carbocycles. The Morgan fingerprint density at radius 1 is 1.13 bits per heavy atom. The molecule has 0 spiro atoms. The van der Waals surface area contributed by atoms with Crippen molar-refractivity contribution in [2.75, 3.05) is 24.7 Å². The second-order valence-corrected chi connectivity index (χ2v) is 8.28. The van der Waals surface area contributed by atoms with Crippen molar-refractivity contribution in [3.63, 3.8) is 0 Å². The lowest BCUT2D eigenvalue weighted by molar-refractivity contribution is -0.154. The number of hydrogen-bond donors (Lipinski definition) is 0. The summed E-state index contributed by atoms with van der Waals surface area (Å²) >= 11 is 5.73. The van der Waals surface area contributed by atoms with Gasteiger partial charge in [-0.05, 0) is 23.8 Å². The van der Waals surface area contributed by atoms with Gasteiger partial charge < -0.3 is 14.5 Å². The first-order chi connectivity index (χ1) is 14.6. The summed E-state index contributed by atoms with van der Waals surface area (Å²) in [4.78, 5) is 29.0. The number of piperazine rings is 1. The van der Waals surface area contributed by atoms with Crippen LogP contribution in [-0.4, -0.2) is 42.5 Å². The predicted octanol–water partition coefficient (Wildman–Crippen LogP) is 3.98. The molecule has 2 aliphatic heterocycles. The molecular formula is C22H20ClF3N2O3. The highest BCUT2D eigenvalue weighted by molar-refractivity contribution is 6.30. The van der Waals surface area contributed by atoms with Crippen molar-refractivity contribution in [1.29, 1.82) is 0 Å². The minimum Gasteiger partial charge on any atom is -0.380 e. The molecule has 2 fully saturated rings. The van der Waals surface area contributed by atoms with Gasteiger partial charge in [0.1, 0.15) is 18.4 Å². The molecule has 164 valence electrons. The van der Waals surface area contributed by atoms with Gasteiger partial charge in [0.15, 0.2) is 0 Å². The number of amides is 2. The van der Waals surface area contributed by atoms with Gasteiger partial charge in [-0.2, -0.15) is 0 Å². The van der Waals surface area contributed by atoms with Crippen LogP contribution in [0.4, 0.5) is 18.9 Å². The third kappa shape index (κ3) is 4.27. The Labute approximate surface area is 182 Å². The predicted molar refractivity (Wildman–Crippen MR) is 108 cm³/mol. The molecule has 0 N–H and O–H groups in total. The van der Waals surface area contributed by atoms with E-state index in [0.29, 0.717) is 18.8 Å². The zero-order chi connectivity index (χ0) is 22.3. The lowest BCUT2D eigenvalue weighted by atomic mass is 9.92. The summed E-state index contributed by atoms with van der Waals surface area (Å²) < 4.78 is 46.1. The van der Waals surface area contributed by atoms with E-state index in [0.717, 1.165) is 13.0 Å². The first-order valence-electron chi connectivity index (χ1n) is 9.76. The molecule has 0 radical (unpaired) electrons. The molecule has 2 saturated heterocycles. The van der Waals surface area contributed by atoms with E-state index in [1.54, 1.807) is 0 Å². The molecule has 2 aliphatic rings. The molecule has 0 aliphatic carbocycles. The summed E-state index contributed by atoms with van der Waals surface area (Å²) in [6.45, 7) is 1.31. The van der Waals surface area contributed by atoms with E-state index in [9.17, 15) is 22.8 Å². The minimum absolute atomic E-state index is 0.0776. The first-order valence-corrected chi connectivity index (χ1v) is 10.1. The Kier molecular flexibility index (Phi) is 5.70. The van der Waals surface area contributed by atoms with Gasteiger partial charge in [0.25, 0.3) is 11.8 Å². The van der Waals surface area contributed by atoms with E-state index in [1.165, 1.54) is 46.2 Å². The molecule has 2 aromatic rings. The molecule has 2 amide bonds. The van der Waals surface area contributed by atoms with Crippen LogP contribution >= 0.6 is 11.6 Å². The van der Waals surface area contributed by atoms with Crippen LogP contribution in [0.1, 0.15) is 18.1 Å². The number of benzene rings is 2. The highest BCUT2D eigenvalue weighted by Gasteiger charge is 2.46. The van der Waals surface area contributed by atoms with Crippen LogP contribution in [0.5, 0.6) is 0 Å². The smallest absolute Gasteiger partial charge is 0.270 e. The van der Waals surface area contributed by atoms with E-state index in [4.69, 9.17) is 16.3 Å². The van der Waals surface area contributed by atoms with E-state index in [-0.39, 0.29) is 47.1 Å². The Hall–Kier alpha value is -2.58. The van der Waals surface area contributed by atoms with E-state index >= 15 is 0 Å². The Balaban J connectivity index is 1.60. The van der Waals surface area contributed by atoms with Crippen molar-refractivity contribution in [3.8, 4) is 0 Å². The summed E-state index contributed by atoms with van der Waals surface area (Å²) in [6.07, 6.45) is 0. The van der Waals surface area contributed by atoms with Crippen molar-refractivity contribution < 1.29 is 27.5 Å². The highest BCUT2D eigenvalue weighted by atomic mass is 35.5. The number of anilines is 1. The highest BCUT2D eigenvalue weighted by Crippen LogP contribution is 2.32. The van der Waals surface area contributed by atoms with Crippen molar-refractivity contribution in [2.24, 2.45) is 5.92 Å². The van der Waals surface area contributed by atoms with Crippen LogP contribution in [-0.2, 0) is 26.8 Å². The van der Waals surface area contributed by atoms with Gasteiger partial charge in [0.2, 0.25) is 5.91 Å². The summed E-state index contributed by atoms with van der Waals surface area (Å²) in [7, 11) is 0. The van der Waals surface area contributed by atoms with Gasteiger partial charge in [-0.3, -0.25) is 9.59 Å². The van der Waals surface area contributed by atoms with Crippen molar-refractivity contribution in [1.82, 2.24) is 4.90 Å². The first kappa shape index (κ1) is 21.6. The van der Waals surface area contributed by atoms with E-state index in [1.807, 2.05) is 0 Å². The van der Waals surface area contributed by atoms with Crippen LogP contribution in [0.25, 0.3) is 0 Å². The largest absolute Gasteiger partial charge is 0.380 e. The monoisotopic (exact) mass is 452 g/mol. The van der Waals surface area contributed by atoms with E-state index in [2.05, 4.69) is 0 Å². The van der Waals surface area contributed by atoms with Crippen molar-refractivity contribution in [2.45, 2.75) is 25.4 Å². The summed E-state index contributed by atoms with van der Waals surface area (Å²) in [5, 5.41) is -0.0776. The maximum atomic E-state index is 13.9. The standard InChI is InChI=1S/C22H20ClF3N2O3/c1-22(25,26)15-4-2-13(3-5-15)9-28-19(29)10-27(16-6-7-17(23)18(24)8-16)21(30)20(28)14-11-31-12-14/h2-8,14,20H,9-12H2,1H3/t20-/m1/s1. The van der Waals surface area contributed by atoms with Crippen molar-refractivity contribution >= 4 is 29.1 Å². The van der Waals surface area contributed by atoms with Crippen LogP contribution in [0, 0.1) is 11.7 Å². The van der Waals surface area contributed by atoms with Gasteiger partial charge in [0, 0.05) is 30.6 Å². The fourth-order valence-electron chi connectivity index (χ4n) is 3.80. The van der Waals surface area contributed by atoms with Crippen LogP contribution in [0.15, 0.2) is 42.5 Å². The summed E-state index contributed by atoms with van der Waals surface area (Å²) in [5.74, 6) is -4.51. The van der Waals surface area contributed by atoms with Crippen LogP contribution < -0.4 is 4.90 Å². The number of halogens is 4. The third-order valence-electron chi connectivity index (χ3n) is 5.61. The lowest BCUT2D eigenvalue weighted by Gasteiger charge is -2.45. The molecule has 1 atom stereocenters. The second-order valence-electron chi connectivity index (χ2n) is 7.87. The average molecular weight is 453 g/mol. The maximum absolute atomic E-state index is 13.9. The summed E-state index contributed by atoms with van der Waals surface area (Å²) in [5.41, 5.74) is 0.752. The quantitative estimate of drug-likeness (QED) is 0.689. The van der Waals surface area contributed by atoms with Gasteiger partial charge >= 0.3 is 0 Å². The van der Waals surface area contributed by atoms with Crippen LogP contribution in [0.3, 0.4) is 0 Å². The van der Waals surface area contributed by atoms with Gasteiger partial charge in [-0.25, -0.2) is 13.2 Å². The van der Waals surface area contributed by atoms with E-state index < -0.39 is 17.8 Å². The van der Waals surface area contributed by atoms with Gasteiger partial charge in [-0.15, -0.1) is 0 Å². The molecule has 0 bridgehead atoms. The number of ether oxygens (including phenoxy) is 1. The topological polar surface area (TPSA) is 49.9 Å². The number of rotatable bonds is 5. The van der Waals surface area contributed by atoms with Gasteiger partial charge in [-0.1, -0.05) is 35.9 Å². The lowest BCUT2D eigenvalue weighted by Crippen LogP contribution is -2.64. The average Bonchev–Trinajstić information content (AvgIpc) is 2.67. The Morgan fingerprint density at radius 3 is 2.35 bits per heavy atom. The molecule has 2 heterocycles. The van der Waals surface area contributed by atoms with Crippen LogP contribution in [0.2, 0.25) is 5.02 Å². The zero-order valence-corrected chi connectivity index (χ0v) is 17.4. The fourth-order valence-corrected chi connectivity index (χ4v) is 3.92. The molecule has 9 heteroatoms. The maximum Gasteiger partial charge on any atom is 0.270 e. The molecular weight excluding hydrogens is 433 g/mol. The number of carbonyl (C=O) groups excluding carboxylic acids is 2. The molecule has 4 rings (SSSR count). The fraction of sp³-hybridized carbons (Fsp3) is 0.364. The molecule has 5 nitrogen and oxygen atoms in total. The second kappa shape index (κ2) is 8.16. The molecule has 31 heavy (non-hydrogen) atoms. The molecule has 0 saturated carbocycles. The van der Waals surface area contributed by atoms with Crippen molar-refractivity contribution in [3.05, 3.63) is 64.4 Å². The molecule has 0 unspecified atom stereocenters. The zero-order valence-electron chi connectivity index (χ0n) is 16.7. The minimum atomic E-state index is -2.96. The number of hydrogen-bond acceptors (Lipinski definition) is 3.